The largest absolute Gasteiger partial charge is 0.480 e. The number of carboxylic acids is 1. The molecule has 1 fully saturated rings. The molecule has 0 radical (unpaired) electrons. The van der Waals surface area contributed by atoms with Gasteiger partial charge in [-0.2, -0.15) is 0 Å². The number of aliphatic carboxylic acids is 1. The fourth-order valence-electron chi connectivity index (χ4n) is 2.31. The summed E-state index contributed by atoms with van der Waals surface area (Å²) in [4.78, 5) is 28.6. The Labute approximate surface area is 111 Å². The molecule has 5 heteroatoms. The lowest BCUT2D eigenvalue weighted by atomic mass is 10.0. The van der Waals surface area contributed by atoms with Crippen LogP contribution in [-0.4, -0.2) is 39.5 Å². The van der Waals surface area contributed by atoms with E-state index in [9.17, 15) is 9.59 Å². The molecule has 1 amide bonds. The van der Waals surface area contributed by atoms with Crippen molar-refractivity contribution in [3.05, 3.63) is 36.2 Å². The van der Waals surface area contributed by atoms with E-state index in [1.54, 1.807) is 24.5 Å². The van der Waals surface area contributed by atoms with Gasteiger partial charge < -0.3 is 10.0 Å². The van der Waals surface area contributed by atoms with Crippen molar-refractivity contribution in [2.24, 2.45) is 5.92 Å². The van der Waals surface area contributed by atoms with Crippen LogP contribution in [-0.2, 0) is 9.59 Å². The van der Waals surface area contributed by atoms with Gasteiger partial charge in [0.15, 0.2) is 0 Å². The second-order valence-electron chi connectivity index (χ2n) is 4.70. The van der Waals surface area contributed by atoms with E-state index in [0.29, 0.717) is 6.54 Å². The van der Waals surface area contributed by atoms with Crippen LogP contribution < -0.4 is 0 Å². The van der Waals surface area contributed by atoms with Gasteiger partial charge in [0.25, 0.3) is 0 Å². The van der Waals surface area contributed by atoms with Gasteiger partial charge in [-0.3, -0.25) is 9.78 Å². The lowest BCUT2D eigenvalue weighted by Crippen LogP contribution is -2.42. The molecule has 1 aromatic heterocycles. The Morgan fingerprint density at radius 1 is 1.53 bits per heavy atom. The van der Waals surface area contributed by atoms with Crippen LogP contribution in [0.25, 0.3) is 6.08 Å². The summed E-state index contributed by atoms with van der Waals surface area (Å²) in [6.45, 7) is 2.35. The van der Waals surface area contributed by atoms with Gasteiger partial charge in [0.1, 0.15) is 6.04 Å². The second kappa shape index (κ2) is 5.65. The average molecular weight is 260 g/mol. The van der Waals surface area contributed by atoms with Crippen LogP contribution in [0, 0.1) is 5.92 Å². The summed E-state index contributed by atoms with van der Waals surface area (Å²) in [7, 11) is 0. The molecule has 0 bridgehead atoms. The van der Waals surface area contributed by atoms with Crippen LogP contribution in [0.4, 0.5) is 0 Å². The van der Waals surface area contributed by atoms with Crippen molar-refractivity contribution in [2.75, 3.05) is 6.54 Å². The maximum atomic E-state index is 12.0. The van der Waals surface area contributed by atoms with Crippen molar-refractivity contribution in [3.8, 4) is 0 Å². The third-order valence-electron chi connectivity index (χ3n) is 3.34. The molecule has 2 rings (SSSR count). The number of rotatable bonds is 3. The number of likely N-dealkylation sites (tertiary alicyclic amines) is 1. The summed E-state index contributed by atoms with van der Waals surface area (Å²) < 4.78 is 0. The first-order chi connectivity index (χ1) is 9.09. The molecule has 1 aliphatic rings. The van der Waals surface area contributed by atoms with Crippen molar-refractivity contribution in [3.63, 3.8) is 0 Å². The van der Waals surface area contributed by atoms with E-state index in [4.69, 9.17) is 5.11 Å². The lowest BCUT2D eigenvalue weighted by Gasteiger charge is -2.21. The van der Waals surface area contributed by atoms with Crippen LogP contribution in [0.15, 0.2) is 30.6 Å². The number of carboxylic acid groups (broad SMARTS) is 1. The summed E-state index contributed by atoms with van der Waals surface area (Å²) in [5.74, 6) is -1.21. The standard InChI is InChI=1S/C14H16N2O3/c1-10-6-8-16(13(10)14(18)19)12(17)5-4-11-3-2-7-15-9-11/h2-5,7,9-10,13H,6,8H2,1H3,(H,18,19)/b5-4+. The normalized spacial score (nSPS) is 22.9. The monoisotopic (exact) mass is 260 g/mol. The van der Waals surface area contributed by atoms with Gasteiger partial charge in [0, 0.05) is 25.0 Å². The molecule has 5 nitrogen and oxygen atoms in total. The first-order valence-corrected chi connectivity index (χ1v) is 6.21. The third kappa shape index (κ3) is 2.99. The molecule has 1 aromatic rings. The van der Waals surface area contributed by atoms with Gasteiger partial charge in [-0.05, 0) is 30.0 Å². The lowest BCUT2D eigenvalue weighted by molar-refractivity contribution is -0.147. The van der Waals surface area contributed by atoms with Crippen LogP contribution in [0.3, 0.4) is 0 Å². The fraction of sp³-hybridized carbons (Fsp3) is 0.357. The summed E-state index contributed by atoms with van der Waals surface area (Å²) in [5.41, 5.74) is 0.815. The SMILES string of the molecule is CC1CCN(C(=O)/C=C/c2cccnc2)C1C(=O)O. The minimum absolute atomic E-state index is 0.00626. The van der Waals surface area contributed by atoms with Gasteiger partial charge in [0.05, 0.1) is 0 Å². The molecule has 1 N–H and O–H groups in total. The smallest absolute Gasteiger partial charge is 0.326 e. The van der Waals surface area contributed by atoms with E-state index in [-0.39, 0.29) is 11.8 Å². The van der Waals surface area contributed by atoms with E-state index in [1.165, 1.54) is 11.0 Å². The molecule has 0 spiro atoms. The van der Waals surface area contributed by atoms with E-state index in [2.05, 4.69) is 4.98 Å². The third-order valence-corrected chi connectivity index (χ3v) is 3.34. The summed E-state index contributed by atoms with van der Waals surface area (Å²) in [5, 5.41) is 9.16. The molecule has 0 aliphatic carbocycles. The number of aromatic nitrogens is 1. The predicted molar refractivity (Wildman–Crippen MR) is 70.2 cm³/mol. The van der Waals surface area contributed by atoms with Crippen LogP contribution >= 0.6 is 0 Å². The molecule has 1 aliphatic heterocycles. The minimum Gasteiger partial charge on any atom is -0.480 e. The van der Waals surface area contributed by atoms with Gasteiger partial charge >= 0.3 is 5.97 Å². The Bertz CT molecular complexity index is 499. The molecule has 1 saturated heterocycles. The predicted octanol–water partition coefficient (Wildman–Crippen LogP) is 1.42. The molecular formula is C14H16N2O3. The van der Waals surface area contributed by atoms with E-state index in [0.717, 1.165) is 12.0 Å². The zero-order valence-corrected chi connectivity index (χ0v) is 10.7. The zero-order valence-electron chi connectivity index (χ0n) is 10.7. The maximum Gasteiger partial charge on any atom is 0.326 e. The molecule has 100 valence electrons. The van der Waals surface area contributed by atoms with Crippen molar-refractivity contribution in [1.29, 1.82) is 0 Å². The molecule has 2 heterocycles. The second-order valence-corrected chi connectivity index (χ2v) is 4.70. The fourth-order valence-corrected chi connectivity index (χ4v) is 2.31. The van der Waals surface area contributed by atoms with E-state index < -0.39 is 12.0 Å². The van der Waals surface area contributed by atoms with Gasteiger partial charge in [0.2, 0.25) is 5.91 Å². The highest BCUT2D eigenvalue weighted by Crippen LogP contribution is 2.24. The molecule has 2 atom stereocenters. The Morgan fingerprint density at radius 3 is 2.95 bits per heavy atom. The minimum atomic E-state index is -0.937. The highest BCUT2D eigenvalue weighted by atomic mass is 16.4. The van der Waals surface area contributed by atoms with Gasteiger partial charge in [-0.15, -0.1) is 0 Å². The van der Waals surface area contributed by atoms with Crippen LogP contribution in [0.2, 0.25) is 0 Å². The molecule has 19 heavy (non-hydrogen) atoms. The number of nitrogens with zero attached hydrogens (tertiary/aromatic N) is 2. The van der Waals surface area contributed by atoms with E-state index >= 15 is 0 Å². The molecule has 0 aromatic carbocycles. The number of pyridine rings is 1. The summed E-state index contributed by atoms with van der Waals surface area (Å²) in [6, 6.07) is 2.89. The Kier molecular flexibility index (Phi) is 3.94. The maximum absolute atomic E-state index is 12.0. The van der Waals surface area contributed by atoms with E-state index in [1.807, 2.05) is 13.0 Å². The average Bonchev–Trinajstić information content (AvgIpc) is 2.79. The molecule has 0 saturated carbocycles. The first-order valence-electron chi connectivity index (χ1n) is 6.21. The Balaban J connectivity index is 2.08. The van der Waals surface area contributed by atoms with Crippen molar-refractivity contribution < 1.29 is 14.7 Å². The van der Waals surface area contributed by atoms with Gasteiger partial charge in [-0.1, -0.05) is 13.0 Å². The zero-order chi connectivity index (χ0) is 13.8. The number of amides is 1. The quantitative estimate of drug-likeness (QED) is 0.834. The number of carbonyl (C=O) groups is 2. The Hall–Kier alpha value is -2.17. The van der Waals surface area contributed by atoms with Crippen molar-refractivity contribution in [1.82, 2.24) is 9.88 Å². The van der Waals surface area contributed by atoms with Gasteiger partial charge in [-0.25, -0.2) is 4.79 Å². The highest BCUT2D eigenvalue weighted by molar-refractivity contribution is 5.94. The molecular weight excluding hydrogens is 244 g/mol. The number of hydrogen-bond donors (Lipinski definition) is 1. The van der Waals surface area contributed by atoms with Crippen LogP contribution in [0.1, 0.15) is 18.9 Å². The first kappa shape index (κ1) is 13.3. The summed E-state index contributed by atoms with van der Waals surface area (Å²) in [6.07, 6.45) is 7.08. The topological polar surface area (TPSA) is 70.5 Å². The number of carbonyl (C=O) groups excluding carboxylic acids is 1. The summed E-state index contributed by atoms with van der Waals surface area (Å²) >= 11 is 0. The van der Waals surface area contributed by atoms with Crippen LogP contribution in [0.5, 0.6) is 0 Å². The highest BCUT2D eigenvalue weighted by Gasteiger charge is 2.38. The van der Waals surface area contributed by atoms with Crippen molar-refractivity contribution in [2.45, 2.75) is 19.4 Å². The number of hydrogen-bond acceptors (Lipinski definition) is 3. The van der Waals surface area contributed by atoms with Crippen molar-refractivity contribution >= 4 is 18.0 Å². The Morgan fingerprint density at radius 2 is 2.32 bits per heavy atom. The molecule has 2 unspecified atom stereocenters.